The molecule has 1 saturated heterocycles. The number of alkyl halides is 1. The molecule has 5 unspecified atom stereocenters. The third-order valence-corrected chi connectivity index (χ3v) is 1.83. The van der Waals surface area contributed by atoms with Crippen molar-refractivity contribution in [2.45, 2.75) is 30.8 Å². The van der Waals surface area contributed by atoms with E-state index in [2.05, 4.69) is 4.74 Å². The predicted molar refractivity (Wildman–Crippen MR) is 34.9 cm³/mol. The first-order valence-electron chi connectivity index (χ1n) is 3.52. The maximum absolute atomic E-state index is 12.6. The molecule has 1 fully saturated rings. The van der Waals surface area contributed by atoms with Crippen LogP contribution in [-0.4, -0.2) is 57.8 Å². The highest BCUT2D eigenvalue weighted by Gasteiger charge is 2.43. The molecule has 0 aliphatic carbocycles. The molecular formula is C6H11FO5. The molecule has 5 nitrogen and oxygen atoms in total. The predicted octanol–water partition coefficient (Wildman–Crippen LogP) is -2.24. The lowest BCUT2D eigenvalue weighted by atomic mass is 10.00. The Morgan fingerprint density at radius 2 is 1.67 bits per heavy atom. The fraction of sp³-hybridized carbons (Fsp3) is 1.00. The van der Waals surface area contributed by atoms with Gasteiger partial charge in [-0.3, -0.25) is 0 Å². The summed E-state index contributed by atoms with van der Waals surface area (Å²) in [7, 11) is 0. The first-order chi connectivity index (χ1) is 5.57. The number of aliphatic hydroxyl groups is 4. The Balaban J connectivity index is 2.63. The topological polar surface area (TPSA) is 90.2 Å². The summed E-state index contributed by atoms with van der Waals surface area (Å²) < 4.78 is 16.9. The minimum Gasteiger partial charge on any atom is -0.394 e. The van der Waals surface area contributed by atoms with Crippen molar-refractivity contribution in [3.05, 3.63) is 0 Å². The lowest BCUT2D eigenvalue weighted by Gasteiger charge is -2.36. The number of halogens is 1. The van der Waals surface area contributed by atoms with E-state index in [4.69, 9.17) is 20.4 Å². The molecule has 1 rings (SSSR count). The van der Waals surface area contributed by atoms with Gasteiger partial charge in [0, 0.05) is 0 Å². The van der Waals surface area contributed by atoms with Gasteiger partial charge in [0.05, 0.1) is 6.61 Å². The van der Waals surface area contributed by atoms with E-state index in [0.29, 0.717) is 0 Å². The Morgan fingerprint density at radius 3 is 2.17 bits per heavy atom. The maximum Gasteiger partial charge on any atom is 0.228 e. The molecule has 5 atom stereocenters. The van der Waals surface area contributed by atoms with Crippen molar-refractivity contribution in [3.8, 4) is 0 Å². The van der Waals surface area contributed by atoms with Crippen LogP contribution >= 0.6 is 0 Å². The molecule has 0 aromatic carbocycles. The maximum atomic E-state index is 12.6. The highest BCUT2D eigenvalue weighted by atomic mass is 18.2. The standard InChI is InChI=1S/C6H11FO5/c7-6-5(11)4(10)3(9)2(1-8)12-6/h2-6,8-11H,1H2/i7-1. The molecule has 0 bridgehead atoms. The number of hydrogen-bond acceptors (Lipinski definition) is 5. The molecule has 0 aromatic rings. The van der Waals surface area contributed by atoms with E-state index in [9.17, 15) is 4.39 Å². The first kappa shape index (κ1) is 9.82. The first-order valence-corrected chi connectivity index (χ1v) is 3.52. The zero-order valence-electron chi connectivity index (χ0n) is 6.17. The lowest BCUT2D eigenvalue weighted by molar-refractivity contribution is -0.262. The van der Waals surface area contributed by atoms with Gasteiger partial charge >= 0.3 is 0 Å². The molecule has 72 valence electrons. The van der Waals surface area contributed by atoms with Crippen molar-refractivity contribution < 1.29 is 29.6 Å². The molecule has 0 saturated carbocycles. The van der Waals surface area contributed by atoms with Crippen LogP contribution in [0, 0.1) is 0 Å². The van der Waals surface area contributed by atoms with Crippen molar-refractivity contribution >= 4 is 0 Å². The molecular weight excluding hydrogens is 170 g/mol. The van der Waals surface area contributed by atoms with E-state index in [1.54, 1.807) is 0 Å². The number of aliphatic hydroxyl groups excluding tert-OH is 4. The van der Waals surface area contributed by atoms with Crippen LogP contribution in [0.1, 0.15) is 0 Å². The molecule has 0 amide bonds. The minimum absolute atomic E-state index is 0.606. The van der Waals surface area contributed by atoms with Crippen molar-refractivity contribution in [2.24, 2.45) is 0 Å². The molecule has 1 aliphatic rings. The molecule has 0 spiro atoms. The highest BCUT2D eigenvalue weighted by molar-refractivity contribution is 4.88. The molecule has 0 radical (unpaired) electrons. The molecule has 1 aliphatic heterocycles. The molecule has 1 heterocycles. The van der Waals surface area contributed by atoms with Crippen molar-refractivity contribution in [1.82, 2.24) is 0 Å². The Hall–Kier alpha value is -0.270. The monoisotopic (exact) mass is 181 g/mol. The van der Waals surface area contributed by atoms with E-state index in [0.717, 1.165) is 0 Å². The van der Waals surface area contributed by atoms with Crippen LogP contribution in [0.5, 0.6) is 0 Å². The Morgan fingerprint density at radius 1 is 1.08 bits per heavy atom. The summed E-state index contributed by atoms with van der Waals surface area (Å²) in [4.78, 5) is 0. The zero-order chi connectivity index (χ0) is 9.30. The van der Waals surface area contributed by atoms with Crippen LogP contribution in [0.25, 0.3) is 0 Å². The van der Waals surface area contributed by atoms with E-state index >= 15 is 0 Å². The second-order valence-corrected chi connectivity index (χ2v) is 2.68. The fourth-order valence-corrected chi connectivity index (χ4v) is 1.06. The van der Waals surface area contributed by atoms with Crippen LogP contribution in [0.2, 0.25) is 0 Å². The lowest BCUT2D eigenvalue weighted by Crippen LogP contribution is -2.57. The van der Waals surface area contributed by atoms with Gasteiger partial charge in [0.15, 0.2) is 0 Å². The fourth-order valence-electron chi connectivity index (χ4n) is 1.06. The molecule has 6 heteroatoms. The number of rotatable bonds is 1. The third kappa shape index (κ3) is 1.57. The number of ether oxygens (including phenoxy) is 1. The quantitative estimate of drug-likeness (QED) is 0.367. The van der Waals surface area contributed by atoms with Crippen LogP contribution in [0.3, 0.4) is 0 Å². The third-order valence-electron chi connectivity index (χ3n) is 1.83. The molecule has 12 heavy (non-hydrogen) atoms. The van der Waals surface area contributed by atoms with Gasteiger partial charge in [-0.15, -0.1) is 0 Å². The second-order valence-electron chi connectivity index (χ2n) is 2.68. The van der Waals surface area contributed by atoms with Crippen molar-refractivity contribution in [1.29, 1.82) is 0 Å². The smallest absolute Gasteiger partial charge is 0.228 e. The van der Waals surface area contributed by atoms with Gasteiger partial charge in [-0.2, -0.15) is 0 Å². The summed E-state index contributed by atoms with van der Waals surface area (Å²) in [6.45, 7) is -0.606. The van der Waals surface area contributed by atoms with Crippen LogP contribution < -0.4 is 0 Å². The normalized spacial score (nSPS) is 49.2. The minimum atomic E-state index is -2.07. The average Bonchev–Trinajstić information content (AvgIpc) is 2.08. The van der Waals surface area contributed by atoms with Gasteiger partial charge < -0.3 is 25.2 Å². The SMILES string of the molecule is OCC1OC([18F])C(O)C(O)C1O. The molecule has 4 N–H and O–H groups in total. The zero-order valence-corrected chi connectivity index (χ0v) is 6.17. The van der Waals surface area contributed by atoms with Crippen molar-refractivity contribution in [3.63, 3.8) is 0 Å². The van der Waals surface area contributed by atoms with Gasteiger partial charge in [0.2, 0.25) is 6.36 Å². The summed E-state index contributed by atoms with van der Waals surface area (Å²) in [5.74, 6) is 0. The van der Waals surface area contributed by atoms with Gasteiger partial charge in [-0.05, 0) is 0 Å². The summed E-state index contributed by atoms with van der Waals surface area (Å²) in [5, 5.41) is 35.4. The largest absolute Gasteiger partial charge is 0.394 e. The van der Waals surface area contributed by atoms with Crippen LogP contribution in [0.15, 0.2) is 0 Å². The average molecular weight is 181 g/mol. The van der Waals surface area contributed by atoms with Gasteiger partial charge in [-0.25, -0.2) is 4.39 Å². The van der Waals surface area contributed by atoms with Gasteiger partial charge in [0.25, 0.3) is 0 Å². The van der Waals surface area contributed by atoms with Crippen LogP contribution in [0.4, 0.5) is 4.39 Å². The Kier molecular flexibility index (Phi) is 2.97. The summed E-state index contributed by atoms with van der Waals surface area (Å²) in [6, 6.07) is 0. The van der Waals surface area contributed by atoms with Gasteiger partial charge in [0.1, 0.15) is 24.4 Å². The Bertz CT molecular complexity index is 150. The van der Waals surface area contributed by atoms with E-state index in [-0.39, 0.29) is 0 Å². The van der Waals surface area contributed by atoms with E-state index in [1.165, 1.54) is 0 Å². The van der Waals surface area contributed by atoms with Crippen LogP contribution in [-0.2, 0) is 4.74 Å². The van der Waals surface area contributed by atoms with Crippen molar-refractivity contribution in [2.75, 3.05) is 6.61 Å². The Labute approximate surface area is 68.0 Å². The second kappa shape index (κ2) is 3.63. The van der Waals surface area contributed by atoms with E-state index in [1.807, 2.05) is 0 Å². The molecule has 0 aromatic heterocycles. The highest BCUT2D eigenvalue weighted by Crippen LogP contribution is 2.21. The number of hydrogen-bond donors (Lipinski definition) is 4. The van der Waals surface area contributed by atoms with Gasteiger partial charge in [-0.1, -0.05) is 0 Å². The summed E-state index contributed by atoms with van der Waals surface area (Å²) in [6.07, 6.45) is -8.09. The van der Waals surface area contributed by atoms with E-state index < -0.39 is 37.4 Å². The summed E-state index contributed by atoms with van der Waals surface area (Å²) in [5.41, 5.74) is 0. The summed E-state index contributed by atoms with van der Waals surface area (Å²) >= 11 is 0.